The SMILES string of the molecule is CC(CCC(=O)O)NCCc1cccnc1. The second-order valence-electron chi connectivity index (χ2n) is 3.90. The molecule has 0 bridgehead atoms. The molecule has 0 aromatic carbocycles. The van der Waals surface area contributed by atoms with Crippen LogP contribution in [0.2, 0.25) is 0 Å². The summed E-state index contributed by atoms with van der Waals surface area (Å²) in [6.45, 7) is 2.86. The molecule has 0 spiro atoms. The maximum Gasteiger partial charge on any atom is 0.303 e. The fourth-order valence-electron chi connectivity index (χ4n) is 1.45. The number of nitrogens with one attached hydrogen (secondary N) is 1. The Morgan fingerprint density at radius 2 is 2.44 bits per heavy atom. The van der Waals surface area contributed by atoms with Crippen LogP contribution in [0.4, 0.5) is 0 Å². The Balaban J connectivity index is 2.13. The number of rotatable bonds is 7. The largest absolute Gasteiger partial charge is 0.481 e. The molecule has 0 aliphatic heterocycles. The first kappa shape index (κ1) is 12.6. The molecule has 0 amide bonds. The van der Waals surface area contributed by atoms with Crippen molar-refractivity contribution in [3.63, 3.8) is 0 Å². The lowest BCUT2D eigenvalue weighted by atomic mass is 10.1. The van der Waals surface area contributed by atoms with Gasteiger partial charge in [0.2, 0.25) is 0 Å². The van der Waals surface area contributed by atoms with Gasteiger partial charge < -0.3 is 10.4 Å². The Morgan fingerprint density at radius 3 is 3.06 bits per heavy atom. The minimum absolute atomic E-state index is 0.223. The highest BCUT2D eigenvalue weighted by Gasteiger charge is 2.04. The van der Waals surface area contributed by atoms with E-state index in [-0.39, 0.29) is 12.5 Å². The topological polar surface area (TPSA) is 62.2 Å². The zero-order valence-electron chi connectivity index (χ0n) is 9.52. The van der Waals surface area contributed by atoms with E-state index >= 15 is 0 Å². The number of hydrogen-bond donors (Lipinski definition) is 2. The van der Waals surface area contributed by atoms with Gasteiger partial charge in [-0.15, -0.1) is 0 Å². The lowest BCUT2D eigenvalue weighted by Gasteiger charge is -2.12. The molecule has 4 nitrogen and oxygen atoms in total. The lowest BCUT2D eigenvalue weighted by Crippen LogP contribution is -2.28. The zero-order chi connectivity index (χ0) is 11.8. The second-order valence-corrected chi connectivity index (χ2v) is 3.90. The van der Waals surface area contributed by atoms with E-state index < -0.39 is 5.97 Å². The first-order valence-electron chi connectivity index (χ1n) is 5.52. The highest BCUT2D eigenvalue weighted by atomic mass is 16.4. The molecule has 16 heavy (non-hydrogen) atoms. The normalized spacial score (nSPS) is 12.3. The Kier molecular flexibility index (Phi) is 5.50. The molecule has 0 radical (unpaired) electrons. The van der Waals surface area contributed by atoms with Crippen LogP contribution < -0.4 is 5.32 Å². The average molecular weight is 222 g/mol. The monoisotopic (exact) mass is 222 g/mol. The van der Waals surface area contributed by atoms with Crippen LogP contribution in [-0.2, 0) is 11.2 Å². The molecule has 1 aromatic rings. The fourth-order valence-corrected chi connectivity index (χ4v) is 1.45. The molecule has 1 rings (SSSR count). The van der Waals surface area contributed by atoms with E-state index in [1.165, 1.54) is 5.56 Å². The van der Waals surface area contributed by atoms with Gasteiger partial charge in [0, 0.05) is 24.9 Å². The number of carboxylic acids is 1. The minimum Gasteiger partial charge on any atom is -0.481 e. The maximum absolute atomic E-state index is 10.4. The van der Waals surface area contributed by atoms with Crippen LogP contribution in [0.15, 0.2) is 24.5 Å². The van der Waals surface area contributed by atoms with Crippen LogP contribution in [0.3, 0.4) is 0 Å². The van der Waals surface area contributed by atoms with Gasteiger partial charge >= 0.3 is 5.97 Å². The molecular weight excluding hydrogens is 204 g/mol. The van der Waals surface area contributed by atoms with Gasteiger partial charge in [-0.1, -0.05) is 6.07 Å². The molecule has 0 saturated heterocycles. The number of hydrogen-bond acceptors (Lipinski definition) is 3. The summed E-state index contributed by atoms with van der Waals surface area (Å²) in [5.41, 5.74) is 1.19. The van der Waals surface area contributed by atoms with Gasteiger partial charge in [0.25, 0.3) is 0 Å². The summed E-state index contributed by atoms with van der Waals surface area (Å²) < 4.78 is 0. The fraction of sp³-hybridized carbons (Fsp3) is 0.500. The molecule has 0 aliphatic carbocycles. The third-order valence-electron chi connectivity index (χ3n) is 2.42. The van der Waals surface area contributed by atoms with Gasteiger partial charge in [0.15, 0.2) is 0 Å². The molecule has 1 aromatic heterocycles. The Labute approximate surface area is 95.7 Å². The van der Waals surface area contributed by atoms with Crippen molar-refractivity contribution in [3.8, 4) is 0 Å². The average Bonchev–Trinajstić information content (AvgIpc) is 2.28. The summed E-state index contributed by atoms with van der Waals surface area (Å²) >= 11 is 0. The van der Waals surface area contributed by atoms with Gasteiger partial charge in [-0.3, -0.25) is 9.78 Å². The smallest absolute Gasteiger partial charge is 0.303 e. The number of carboxylic acid groups (broad SMARTS) is 1. The van der Waals surface area contributed by atoms with Crippen LogP contribution in [0.5, 0.6) is 0 Å². The highest BCUT2D eigenvalue weighted by molar-refractivity contribution is 5.66. The van der Waals surface area contributed by atoms with E-state index in [2.05, 4.69) is 10.3 Å². The Hall–Kier alpha value is -1.42. The summed E-state index contributed by atoms with van der Waals surface area (Å²) in [7, 11) is 0. The molecule has 88 valence electrons. The third kappa shape index (κ3) is 5.46. The first-order chi connectivity index (χ1) is 7.68. The minimum atomic E-state index is -0.735. The molecule has 0 fully saturated rings. The number of aromatic nitrogens is 1. The molecule has 1 unspecified atom stereocenters. The van der Waals surface area contributed by atoms with Gasteiger partial charge in [-0.25, -0.2) is 0 Å². The van der Waals surface area contributed by atoms with Crippen molar-refractivity contribution in [1.82, 2.24) is 10.3 Å². The van der Waals surface area contributed by atoms with Crippen LogP contribution in [0, 0.1) is 0 Å². The van der Waals surface area contributed by atoms with E-state index in [0.717, 1.165) is 13.0 Å². The van der Waals surface area contributed by atoms with Gasteiger partial charge in [0.05, 0.1) is 0 Å². The predicted molar refractivity (Wildman–Crippen MR) is 62.3 cm³/mol. The number of nitrogens with zero attached hydrogens (tertiary/aromatic N) is 1. The van der Waals surface area contributed by atoms with Gasteiger partial charge in [0.1, 0.15) is 0 Å². The van der Waals surface area contributed by atoms with Crippen molar-refractivity contribution < 1.29 is 9.90 Å². The number of aliphatic carboxylic acids is 1. The van der Waals surface area contributed by atoms with Crippen molar-refractivity contribution in [2.75, 3.05) is 6.54 Å². The lowest BCUT2D eigenvalue weighted by molar-refractivity contribution is -0.137. The van der Waals surface area contributed by atoms with Gasteiger partial charge in [-0.05, 0) is 37.9 Å². The molecule has 0 aliphatic rings. The summed E-state index contributed by atoms with van der Waals surface area (Å²) in [6.07, 6.45) is 5.42. The number of carbonyl (C=O) groups is 1. The van der Waals surface area contributed by atoms with Crippen molar-refractivity contribution >= 4 is 5.97 Å². The first-order valence-corrected chi connectivity index (χ1v) is 5.52. The summed E-state index contributed by atoms with van der Waals surface area (Å²) in [5.74, 6) is -0.735. The quantitative estimate of drug-likeness (QED) is 0.733. The van der Waals surface area contributed by atoms with E-state index in [0.29, 0.717) is 6.42 Å². The summed E-state index contributed by atoms with van der Waals surface area (Å²) in [4.78, 5) is 14.4. The van der Waals surface area contributed by atoms with Crippen molar-refractivity contribution in [1.29, 1.82) is 0 Å². The zero-order valence-corrected chi connectivity index (χ0v) is 9.52. The van der Waals surface area contributed by atoms with E-state index in [9.17, 15) is 4.79 Å². The predicted octanol–water partition coefficient (Wildman–Crippen LogP) is 1.47. The Bertz CT molecular complexity index is 314. The van der Waals surface area contributed by atoms with Crippen molar-refractivity contribution in [3.05, 3.63) is 30.1 Å². The molecule has 1 atom stereocenters. The van der Waals surface area contributed by atoms with Crippen LogP contribution >= 0.6 is 0 Å². The molecule has 1 heterocycles. The second kappa shape index (κ2) is 6.95. The van der Waals surface area contributed by atoms with Crippen LogP contribution in [0.1, 0.15) is 25.3 Å². The van der Waals surface area contributed by atoms with Crippen LogP contribution in [-0.4, -0.2) is 28.6 Å². The summed E-state index contributed by atoms with van der Waals surface area (Å²) in [6, 6.07) is 4.20. The number of pyridine rings is 1. The van der Waals surface area contributed by atoms with Gasteiger partial charge in [-0.2, -0.15) is 0 Å². The molecule has 4 heteroatoms. The molecule has 0 saturated carbocycles. The van der Waals surface area contributed by atoms with E-state index in [1.807, 2.05) is 25.3 Å². The van der Waals surface area contributed by atoms with Crippen molar-refractivity contribution in [2.45, 2.75) is 32.2 Å². The van der Waals surface area contributed by atoms with E-state index in [1.54, 1.807) is 6.20 Å². The maximum atomic E-state index is 10.4. The third-order valence-corrected chi connectivity index (χ3v) is 2.42. The van der Waals surface area contributed by atoms with Crippen LogP contribution in [0.25, 0.3) is 0 Å². The Morgan fingerprint density at radius 1 is 1.62 bits per heavy atom. The summed E-state index contributed by atoms with van der Waals surface area (Å²) in [5, 5.41) is 11.8. The molecular formula is C12H18N2O2. The van der Waals surface area contributed by atoms with E-state index in [4.69, 9.17) is 5.11 Å². The highest BCUT2D eigenvalue weighted by Crippen LogP contribution is 1.98. The standard InChI is InChI=1S/C12H18N2O2/c1-10(4-5-12(15)16)14-8-6-11-3-2-7-13-9-11/h2-3,7,9-10,14H,4-6,8H2,1H3,(H,15,16). The van der Waals surface area contributed by atoms with Crippen molar-refractivity contribution in [2.24, 2.45) is 0 Å². The molecule has 2 N–H and O–H groups in total.